The van der Waals surface area contributed by atoms with Crippen LogP contribution in [0.2, 0.25) is 0 Å². The van der Waals surface area contributed by atoms with Crippen molar-refractivity contribution in [3.8, 4) is 0 Å². The van der Waals surface area contributed by atoms with Crippen LogP contribution in [-0.2, 0) is 9.53 Å². The molecule has 3 heterocycles. The second kappa shape index (κ2) is 7.32. The Morgan fingerprint density at radius 2 is 2.24 bits per heavy atom. The smallest absolute Gasteiger partial charge is 0.271 e. The summed E-state index contributed by atoms with van der Waals surface area (Å²) in [7, 11) is 3.47. The van der Waals surface area contributed by atoms with Gasteiger partial charge in [0.2, 0.25) is 5.91 Å². The number of aromatic amines is 1. The number of morpholine rings is 1. The van der Waals surface area contributed by atoms with Crippen molar-refractivity contribution in [1.82, 2.24) is 25.1 Å². The summed E-state index contributed by atoms with van der Waals surface area (Å²) in [5, 5.41) is 2.95. The van der Waals surface area contributed by atoms with E-state index in [-0.39, 0.29) is 41.3 Å². The van der Waals surface area contributed by atoms with Crippen molar-refractivity contribution in [2.45, 2.75) is 31.0 Å². The van der Waals surface area contributed by atoms with Crippen LogP contribution >= 0.6 is 0 Å². The van der Waals surface area contributed by atoms with Crippen molar-refractivity contribution in [2.75, 3.05) is 33.8 Å². The van der Waals surface area contributed by atoms with E-state index in [1.165, 1.54) is 6.20 Å². The van der Waals surface area contributed by atoms with E-state index in [1.54, 1.807) is 19.0 Å². The van der Waals surface area contributed by atoms with E-state index in [2.05, 4.69) is 20.2 Å². The number of carbonyl (C=O) groups is 2. The molecule has 2 aliphatic heterocycles. The first-order valence-electron chi connectivity index (χ1n) is 8.33. The molecule has 0 unspecified atom stereocenters. The number of aromatic nitrogens is 2. The van der Waals surface area contributed by atoms with Gasteiger partial charge in [-0.2, -0.15) is 0 Å². The summed E-state index contributed by atoms with van der Waals surface area (Å²) in [4.78, 5) is 45.2. The van der Waals surface area contributed by atoms with Gasteiger partial charge in [-0.15, -0.1) is 0 Å². The molecule has 25 heavy (non-hydrogen) atoms. The van der Waals surface area contributed by atoms with Crippen LogP contribution in [0.25, 0.3) is 0 Å². The Hall–Kier alpha value is -2.26. The molecular formula is C16H23N5O4. The van der Waals surface area contributed by atoms with Crippen molar-refractivity contribution >= 4 is 11.8 Å². The van der Waals surface area contributed by atoms with Crippen molar-refractivity contribution in [1.29, 1.82) is 0 Å². The minimum Gasteiger partial charge on any atom is -0.375 e. The molecule has 2 amide bonds. The van der Waals surface area contributed by atoms with Crippen LogP contribution in [-0.4, -0.2) is 83.6 Å². The van der Waals surface area contributed by atoms with Gasteiger partial charge in [-0.25, -0.2) is 4.98 Å². The number of amides is 2. The molecule has 1 aromatic heterocycles. The zero-order chi connectivity index (χ0) is 18.0. The highest BCUT2D eigenvalue weighted by Crippen LogP contribution is 2.24. The van der Waals surface area contributed by atoms with E-state index in [0.717, 1.165) is 19.2 Å². The summed E-state index contributed by atoms with van der Waals surface area (Å²) in [5.41, 5.74) is -0.153. The first-order valence-corrected chi connectivity index (χ1v) is 8.33. The maximum atomic E-state index is 12.2. The van der Waals surface area contributed by atoms with E-state index in [4.69, 9.17) is 4.74 Å². The van der Waals surface area contributed by atoms with Gasteiger partial charge in [0.25, 0.3) is 11.5 Å². The van der Waals surface area contributed by atoms with Gasteiger partial charge in [0.05, 0.1) is 25.3 Å². The zero-order valence-corrected chi connectivity index (χ0v) is 14.4. The number of hydrogen-bond acceptors (Lipinski definition) is 6. The molecule has 2 N–H and O–H groups in total. The van der Waals surface area contributed by atoms with E-state index in [0.29, 0.717) is 19.6 Å². The molecule has 9 heteroatoms. The predicted molar refractivity (Wildman–Crippen MR) is 89.1 cm³/mol. The lowest BCUT2D eigenvalue weighted by Crippen LogP contribution is -2.47. The normalized spacial score (nSPS) is 26.1. The highest BCUT2D eigenvalue weighted by Gasteiger charge is 2.38. The van der Waals surface area contributed by atoms with E-state index >= 15 is 0 Å². The van der Waals surface area contributed by atoms with Crippen molar-refractivity contribution in [3.63, 3.8) is 0 Å². The van der Waals surface area contributed by atoms with Crippen LogP contribution in [0.1, 0.15) is 23.3 Å². The molecule has 0 bridgehead atoms. The third-order valence-electron chi connectivity index (χ3n) is 4.63. The summed E-state index contributed by atoms with van der Waals surface area (Å²) in [5.74, 6) is -0.252. The molecule has 3 atom stereocenters. The second-order valence-corrected chi connectivity index (χ2v) is 6.76. The summed E-state index contributed by atoms with van der Waals surface area (Å²) >= 11 is 0. The molecule has 2 fully saturated rings. The maximum absolute atomic E-state index is 12.2. The van der Waals surface area contributed by atoms with Crippen LogP contribution < -0.4 is 10.9 Å². The summed E-state index contributed by atoms with van der Waals surface area (Å²) in [6.07, 6.45) is 3.46. The number of carbonyl (C=O) groups excluding carboxylic acids is 2. The lowest BCUT2D eigenvalue weighted by Gasteiger charge is -2.35. The topological polar surface area (TPSA) is 108 Å². The van der Waals surface area contributed by atoms with Crippen molar-refractivity contribution in [2.24, 2.45) is 0 Å². The van der Waals surface area contributed by atoms with Gasteiger partial charge in [0.1, 0.15) is 5.69 Å². The Labute approximate surface area is 145 Å². The average molecular weight is 349 g/mol. The number of H-pyrrole nitrogens is 1. The summed E-state index contributed by atoms with van der Waals surface area (Å²) in [6.45, 7) is 1.97. The monoisotopic (exact) mass is 349 g/mol. The molecule has 1 aromatic rings. The van der Waals surface area contributed by atoms with Gasteiger partial charge in [-0.1, -0.05) is 0 Å². The summed E-state index contributed by atoms with van der Waals surface area (Å²) in [6, 6.07) is 0.248. The van der Waals surface area contributed by atoms with Crippen LogP contribution in [0, 0.1) is 0 Å². The van der Waals surface area contributed by atoms with Crippen LogP contribution in [0.5, 0.6) is 0 Å². The summed E-state index contributed by atoms with van der Waals surface area (Å²) < 4.78 is 5.81. The Kier molecular flexibility index (Phi) is 5.14. The molecule has 9 nitrogen and oxygen atoms in total. The minimum atomic E-state index is -0.343. The van der Waals surface area contributed by atoms with E-state index in [9.17, 15) is 14.4 Å². The molecule has 2 aliphatic rings. The molecule has 136 valence electrons. The first kappa shape index (κ1) is 17.6. The molecular weight excluding hydrogens is 326 g/mol. The SMILES string of the molecule is CN(C)C(=O)C[C@H]1CN2C[C@@H](NC(=O)c3c[nH]c(=O)cn3)C[C@H]2CO1. The number of rotatable bonds is 4. The fourth-order valence-electron chi connectivity index (χ4n) is 3.27. The second-order valence-electron chi connectivity index (χ2n) is 6.76. The van der Waals surface area contributed by atoms with Crippen LogP contribution in [0.15, 0.2) is 17.2 Å². The Balaban J connectivity index is 1.53. The van der Waals surface area contributed by atoms with Crippen LogP contribution in [0.3, 0.4) is 0 Å². The third-order valence-corrected chi connectivity index (χ3v) is 4.63. The largest absolute Gasteiger partial charge is 0.375 e. The molecule has 0 spiro atoms. The minimum absolute atomic E-state index is 0.00173. The predicted octanol–water partition coefficient (Wildman–Crippen LogP) is -1.18. The van der Waals surface area contributed by atoms with Gasteiger partial charge < -0.3 is 19.9 Å². The Morgan fingerprint density at radius 3 is 2.92 bits per heavy atom. The number of nitrogens with one attached hydrogen (secondary N) is 2. The number of nitrogens with zero attached hydrogens (tertiary/aromatic N) is 3. The average Bonchev–Trinajstić information content (AvgIpc) is 2.96. The molecule has 0 saturated carbocycles. The first-order chi connectivity index (χ1) is 11.9. The van der Waals surface area contributed by atoms with Gasteiger partial charge in [-0.3, -0.25) is 19.3 Å². The lowest BCUT2D eigenvalue weighted by atomic mass is 10.1. The van der Waals surface area contributed by atoms with Gasteiger partial charge in [0.15, 0.2) is 0 Å². The van der Waals surface area contributed by atoms with Crippen molar-refractivity contribution < 1.29 is 14.3 Å². The molecule has 0 aromatic carbocycles. The van der Waals surface area contributed by atoms with Crippen molar-refractivity contribution in [3.05, 3.63) is 28.4 Å². The quantitative estimate of drug-likeness (QED) is 0.708. The fourth-order valence-corrected chi connectivity index (χ4v) is 3.27. The molecule has 2 saturated heterocycles. The van der Waals surface area contributed by atoms with Gasteiger partial charge in [0, 0.05) is 45.5 Å². The number of fused-ring (bicyclic) bond motifs is 1. The highest BCUT2D eigenvalue weighted by molar-refractivity contribution is 5.92. The third kappa shape index (κ3) is 4.23. The Morgan fingerprint density at radius 1 is 1.44 bits per heavy atom. The lowest BCUT2D eigenvalue weighted by molar-refractivity contribution is -0.134. The Bertz CT molecular complexity index is 684. The van der Waals surface area contributed by atoms with Gasteiger partial charge in [-0.05, 0) is 6.42 Å². The molecule has 0 aliphatic carbocycles. The fraction of sp³-hybridized carbons (Fsp3) is 0.625. The standard InChI is InChI=1S/C16H23N5O4/c1-20(2)15(23)4-12-8-21-7-10(3-11(21)9-25-12)19-16(24)13-5-18-14(22)6-17-13/h5-6,10-12H,3-4,7-9H2,1-2H3,(H,18,22)(H,19,24)/t10-,11-,12-/m0/s1. The molecule has 3 rings (SSSR count). The van der Waals surface area contributed by atoms with E-state index < -0.39 is 0 Å². The van der Waals surface area contributed by atoms with Gasteiger partial charge >= 0.3 is 0 Å². The van der Waals surface area contributed by atoms with Crippen LogP contribution in [0.4, 0.5) is 0 Å². The number of ether oxygens (including phenoxy) is 1. The zero-order valence-electron chi connectivity index (χ0n) is 14.4. The molecule has 0 radical (unpaired) electrons. The highest BCUT2D eigenvalue weighted by atomic mass is 16.5. The number of hydrogen-bond donors (Lipinski definition) is 2. The van der Waals surface area contributed by atoms with E-state index in [1.807, 2.05) is 0 Å². The maximum Gasteiger partial charge on any atom is 0.271 e.